The van der Waals surface area contributed by atoms with Gasteiger partial charge in [-0.2, -0.15) is 0 Å². The Bertz CT molecular complexity index is 349. The summed E-state index contributed by atoms with van der Waals surface area (Å²) in [5.41, 5.74) is -1.43. The monoisotopic (exact) mass is 241 g/mol. The van der Waals surface area contributed by atoms with Crippen molar-refractivity contribution in [2.45, 2.75) is 63.3 Å². The van der Waals surface area contributed by atoms with Crippen molar-refractivity contribution in [3.05, 3.63) is 0 Å². The fourth-order valence-electron chi connectivity index (χ4n) is 2.83. The van der Waals surface area contributed by atoms with E-state index in [-0.39, 0.29) is 6.04 Å². The second kappa shape index (κ2) is 3.70. The molecule has 0 aromatic carbocycles. The summed E-state index contributed by atoms with van der Waals surface area (Å²) < 4.78 is 5.29. The largest absolute Gasteiger partial charge is 0.444 e. The third-order valence-electron chi connectivity index (χ3n) is 3.50. The molecule has 5 heteroatoms. The van der Waals surface area contributed by atoms with E-state index in [0.717, 1.165) is 6.29 Å². The Morgan fingerprint density at radius 3 is 2.65 bits per heavy atom. The minimum atomic E-state index is -0.841. The normalized spacial score (nSPS) is 36.1. The van der Waals surface area contributed by atoms with Crippen molar-refractivity contribution in [1.82, 2.24) is 4.90 Å². The van der Waals surface area contributed by atoms with Crippen molar-refractivity contribution in [2.75, 3.05) is 0 Å². The van der Waals surface area contributed by atoms with Gasteiger partial charge in [-0.15, -0.1) is 0 Å². The first-order chi connectivity index (χ1) is 7.79. The number of aldehydes is 1. The Morgan fingerprint density at radius 2 is 2.18 bits per heavy atom. The van der Waals surface area contributed by atoms with Crippen molar-refractivity contribution in [1.29, 1.82) is 0 Å². The molecule has 0 radical (unpaired) electrons. The number of fused-ring (bicyclic) bond motifs is 2. The van der Waals surface area contributed by atoms with Crippen LogP contribution in [0.1, 0.15) is 40.0 Å². The molecule has 0 aliphatic carbocycles. The smallest absolute Gasteiger partial charge is 0.411 e. The summed E-state index contributed by atoms with van der Waals surface area (Å²) in [7, 11) is 0. The van der Waals surface area contributed by atoms with Crippen LogP contribution in [-0.2, 0) is 9.53 Å². The molecule has 0 aromatic rings. The van der Waals surface area contributed by atoms with Crippen LogP contribution in [0.2, 0.25) is 0 Å². The first-order valence-electron chi connectivity index (χ1n) is 5.96. The molecule has 3 atom stereocenters. The number of rotatable bonds is 1. The Hall–Kier alpha value is -1.10. The van der Waals surface area contributed by atoms with Gasteiger partial charge in [-0.1, -0.05) is 0 Å². The standard InChI is InChI=1S/C12H19NO4/c1-11(2,3)17-10(16)13-8-4-5-12(13,7-14)6-9(8)15/h7-9,15H,4-6H2,1-3H3. The van der Waals surface area contributed by atoms with E-state index in [4.69, 9.17) is 4.74 Å². The van der Waals surface area contributed by atoms with Crippen molar-refractivity contribution >= 4 is 12.4 Å². The highest BCUT2D eigenvalue weighted by molar-refractivity contribution is 5.79. The maximum atomic E-state index is 12.1. The number of aliphatic hydroxyl groups is 1. The molecule has 17 heavy (non-hydrogen) atoms. The summed E-state index contributed by atoms with van der Waals surface area (Å²) in [4.78, 5) is 24.8. The molecular weight excluding hydrogens is 222 g/mol. The number of ether oxygens (including phenoxy) is 1. The van der Waals surface area contributed by atoms with E-state index in [1.807, 2.05) is 0 Å². The van der Waals surface area contributed by atoms with E-state index in [9.17, 15) is 14.7 Å². The molecule has 2 heterocycles. The maximum absolute atomic E-state index is 12.1. The minimum Gasteiger partial charge on any atom is -0.444 e. The number of amides is 1. The van der Waals surface area contributed by atoms with Gasteiger partial charge in [-0.25, -0.2) is 4.79 Å². The highest BCUT2D eigenvalue weighted by Crippen LogP contribution is 2.45. The van der Waals surface area contributed by atoms with Gasteiger partial charge in [0.25, 0.3) is 0 Å². The van der Waals surface area contributed by atoms with Gasteiger partial charge in [0.1, 0.15) is 17.4 Å². The molecule has 1 N–H and O–H groups in total. The Kier molecular flexibility index (Phi) is 2.69. The van der Waals surface area contributed by atoms with Crippen LogP contribution in [0.5, 0.6) is 0 Å². The van der Waals surface area contributed by atoms with Gasteiger partial charge < -0.3 is 14.6 Å². The lowest BCUT2D eigenvalue weighted by atomic mass is 9.87. The van der Waals surface area contributed by atoms with Gasteiger partial charge in [0.05, 0.1) is 12.1 Å². The summed E-state index contributed by atoms with van der Waals surface area (Å²) in [5.74, 6) is 0. The van der Waals surface area contributed by atoms with Gasteiger partial charge in [0.2, 0.25) is 0 Å². The lowest BCUT2D eigenvalue weighted by Gasteiger charge is -2.31. The molecule has 2 rings (SSSR count). The Balaban J connectivity index is 2.21. The molecular formula is C12H19NO4. The number of hydrogen-bond donors (Lipinski definition) is 1. The van der Waals surface area contributed by atoms with E-state index in [1.54, 1.807) is 20.8 Å². The maximum Gasteiger partial charge on any atom is 0.411 e. The summed E-state index contributed by atoms with van der Waals surface area (Å²) in [6.07, 6.45) is 1.30. The molecule has 0 aromatic heterocycles. The molecule has 2 bridgehead atoms. The summed E-state index contributed by atoms with van der Waals surface area (Å²) in [6, 6.07) is -0.268. The first kappa shape index (κ1) is 12.4. The van der Waals surface area contributed by atoms with Crippen LogP contribution in [0.3, 0.4) is 0 Å². The van der Waals surface area contributed by atoms with Crippen molar-refractivity contribution in [3.8, 4) is 0 Å². The Labute approximate surface area is 101 Å². The van der Waals surface area contributed by atoms with Crippen LogP contribution in [0.4, 0.5) is 4.79 Å². The van der Waals surface area contributed by atoms with Gasteiger partial charge in [-0.3, -0.25) is 4.90 Å². The summed E-state index contributed by atoms with van der Waals surface area (Å²) >= 11 is 0. The predicted octanol–water partition coefficient (Wildman–Crippen LogP) is 1.09. The van der Waals surface area contributed by atoms with Crippen LogP contribution < -0.4 is 0 Å². The van der Waals surface area contributed by atoms with Crippen LogP contribution in [0.15, 0.2) is 0 Å². The molecule has 5 nitrogen and oxygen atoms in total. The van der Waals surface area contributed by atoms with E-state index >= 15 is 0 Å². The average Bonchev–Trinajstić information content (AvgIpc) is 2.67. The van der Waals surface area contributed by atoms with E-state index in [1.165, 1.54) is 4.90 Å². The van der Waals surface area contributed by atoms with Crippen molar-refractivity contribution < 1.29 is 19.4 Å². The predicted molar refractivity (Wildman–Crippen MR) is 60.5 cm³/mol. The zero-order valence-electron chi connectivity index (χ0n) is 10.5. The molecule has 0 saturated carbocycles. The van der Waals surface area contributed by atoms with Crippen LogP contribution in [-0.4, -0.2) is 45.7 Å². The van der Waals surface area contributed by atoms with Gasteiger partial charge in [-0.05, 0) is 33.6 Å². The van der Waals surface area contributed by atoms with Crippen molar-refractivity contribution in [2.24, 2.45) is 0 Å². The van der Waals surface area contributed by atoms with E-state index in [2.05, 4.69) is 0 Å². The molecule has 2 fully saturated rings. The fourth-order valence-corrected chi connectivity index (χ4v) is 2.83. The summed E-state index contributed by atoms with van der Waals surface area (Å²) in [5, 5.41) is 9.82. The lowest BCUT2D eigenvalue weighted by Crippen LogP contribution is -2.48. The van der Waals surface area contributed by atoms with Crippen LogP contribution in [0.25, 0.3) is 0 Å². The SMILES string of the molecule is CC(C)(C)OC(=O)N1C2CCC1(C=O)CC2O. The van der Waals surface area contributed by atoms with Crippen LogP contribution in [0, 0.1) is 0 Å². The molecule has 2 aliphatic rings. The average molecular weight is 241 g/mol. The Morgan fingerprint density at radius 1 is 1.53 bits per heavy atom. The van der Waals surface area contributed by atoms with Crippen molar-refractivity contribution in [3.63, 3.8) is 0 Å². The molecule has 96 valence electrons. The number of hydrogen-bond acceptors (Lipinski definition) is 4. The van der Waals surface area contributed by atoms with Crippen LogP contribution >= 0.6 is 0 Å². The van der Waals surface area contributed by atoms with Gasteiger partial charge in [0, 0.05) is 6.42 Å². The third-order valence-corrected chi connectivity index (χ3v) is 3.50. The quantitative estimate of drug-likeness (QED) is 0.698. The fraction of sp³-hybridized carbons (Fsp3) is 0.833. The molecule has 2 saturated heterocycles. The van der Waals surface area contributed by atoms with E-state index in [0.29, 0.717) is 19.3 Å². The second-order valence-corrected chi connectivity index (χ2v) is 5.95. The number of nitrogens with zero attached hydrogens (tertiary/aromatic N) is 1. The topological polar surface area (TPSA) is 66.8 Å². The molecule has 0 spiro atoms. The molecule has 2 aliphatic heterocycles. The number of carbonyl (C=O) groups excluding carboxylic acids is 2. The second-order valence-electron chi connectivity index (χ2n) is 5.95. The third kappa shape index (κ3) is 1.92. The zero-order valence-corrected chi connectivity index (χ0v) is 10.5. The lowest BCUT2D eigenvalue weighted by molar-refractivity contribution is -0.116. The highest BCUT2D eigenvalue weighted by atomic mass is 16.6. The molecule has 1 amide bonds. The highest BCUT2D eigenvalue weighted by Gasteiger charge is 2.59. The summed E-state index contributed by atoms with van der Waals surface area (Å²) in [6.45, 7) is 5.35. The van der Waals surface area contributed by atoms with Gasteiger partial charge >= 0.3 is 6.09 Å². The molecule has 3 unspecified atom stereocenters. The zero-order chi connectivity index (χ0) is 12.8. The number of carbonyl (C=O) groups is 2. The minimum absolute atomic E-state index is 0.268. The van der Waals surface area contributed by atoms with E-state index < -0.39 is 23.3 Å². The number of aliphatic hydroxyl groups excluding tert-OH is 1. The van der Waals surface area contributed by atoms with Gasteiger partial charge in [0.15, 0.2) is 0 Å². The first-order valence-corrected chi connectivity index (χ1v) is 5.96.